The third kappa shape index (κ3) is 2.58. The Kier molecular flexibility index (Phi) is 4.05. The van der Waals surface area contributed by atoms with E-state index in [9.17, 15) is 0 Å². The Morgan fingerprint density at radius 3 is 2.22 bits per heavy atom. The van der Waals surface area contributed by atoms with Crippen LogP contribution in [0.3, 0.4) is 0 Å². The molecule has 0 amide bonds. The van der Waals surface area contributed by atoms with Crippen molar-refractivity contribution in [3.8, 4) is 11.1 Å². The molecule has 0 aromatic heterocycles. The first-order valence-corrected chi connectivity index (χ1v) is 6.51. The summed E-state index contributed by atoms with van der Waals surface area (Å²) in [5.74, 6) is 0. The van der Waals surface area contributed by atoms with Crippen LogP contribution in [0.15, 0.2) is 36.4 Å². The van der Waals surface area contributed by atoms with E-state index in [-0.39, 0.29) is 0 Å². The van der Waals surface area contributed by atoms with Crippen LogP contribution in [0.2, 0.25) is 5.02 Å². The summed E-state index contributed by atoms with van der Waals surface area (Å²) in [6.45, 7) is 5.21. The average Bonchev–Trinajstić information content (AvgIpc) is 2.34. The number of hydrogen-bond acceptors (Lipinski definition) is 1. The molecule has 0 saturated carbocycles. The first-order chi connectivity index (χ1) is 8.63. The van der Waals surface area contributed by atoms with Gasteiger partial charge in [0.05, 0.1) is 0 Å². The summed E-state index contributed by atoms with van der Waals surface area (Å²) >= 11 is 6.25. The minimum atomic E-state index is 0.803. The van der Waals surface area contributed by atoms with E-state index < -0.39 is 0 Å². The Labute approximate surface area is 114 Å². The Bertz CT molecular complexity index is 538. The lowest BCUT2D eigenvalue weighted by molar-refractivity contribution is 0.806. The SMILES string of the molecule is CNCc1c(C)cc(-c2ccccc2Cl)cc1C. The fraction of sp³-hybridized carbons (Fsp3) is 0.250. The zero-order valence-corrected chi connectivity index (χ0v) is 11.8. The summed E-state index contributed by atoms with van der Waals surface area (Å²) in [5, 5.41) is 4.01. The summed E-state index contributed by atoms with van der Waals surface area (Å²) in [4.78, 5) is 0. The van der Waals surface area contributed by atoms with E-state index in [2.05, 4.69) is 37.4 Å². The van der Waals surface area contributed by atoms with E-state index in [1.807, 2.05) is 25.2 Å². The Morgan fingerprint density at radius 1 is 1.06 bits per heavy atom. The van der Waals surface area contributed by atoms with Gasteiger partial charge in [-0.15, -0.1) is 0 Å². The van der Waals surface area contributed by atoms with Crippen LogP contribution in [-0.4, -0.2) is 7.05 Å². The molecule has 0 aliphatic rings. The predicted octanol–water partition coefficient (Wildman–Crippen LogP) is 4.34. The molecule has 2 heteroatoms. The minimum Gasteiger partial charge on any atom is -0.316 e. The first-order valence-electron chi connectivity index (χ1n) is 6.13. The maximum Gasteiger partial charge on any atom is 0.0484 e. The average molecular weight is 260 g/mol. The van der Waals surface area contributed by atoms with Crippen molar-refractivity contribution in [2.75, 3.05) is 7.05 Å². The largest absolute Gasteiger partial charge is 0.316 e. The lowest BCUT2D eigenvalue weighted by atomic mass is 9.95. The lowest BCUT2D eigenvalue weighted by Gasteiger charge is -2.13. The maximum atomic E-state index is 6.25. The van der Waals surface area contributed by atoms with Crippen molar-refractivity contribution in [1.29, 1.82) is 0 Å². The molecule has 0 saturated heterocycles. The van der Waals surface area contributed by atoms with E-state index in [1.165, 1.54) is 22.3 Å². The Balaban J connectivity index is 2.52. The van der Waals surface area contributed by atoms with Gasteiger partial charge < -0.3 is 5.32 Å². The van der Waals surface area contributed by atoms with E-state index in [0.29, 0.717) is 0 Å². The van der Waals surface area contributed by atoms with Gasteiger partial charge in [-0.25, -0.2) is 0 Å². The van der Waals surface area contributed by atoms with Gasteiger partial charge in [0.15, 0.2) is 0 Å². The van der Waals surface area contributed by atoms with E-state index >= 15 is 0 Å². The molecule has 2 rings (SSSR count). The second-order valence-electron chi connectivity index (χ2n) is 4.60. The van der Waals surface area contributed by atoms with Crippen LogP contribution in [0.5, 0.6) is 0 Å². The minimum absolute atomic E-state index is 0.803. The zero-order valence-electron chi connectivity index (χ0n) is 11.0. The highest BCUT2D eigenvalue weighted by atomic mass is 35.5. The molecule has 0 spiro atoms. The summed E-state index contributed by atoms with van der Waals surface area (Å²) in [5.41, 5.74) is 6.27. The number of halogens is 1. The van der Waals surface area contributed by atoms with Crippen LogP contribution in [0.25, 0.3) is 11.1 Å². The van der Waals surface area contributed by atoms with E-state index in [0.717, 1.165) is 17.1 Å². The fourth-order valence-corrected chi connectivity index (χ4v) is 2.54. The quantitative estimate of drug-likeness (QED) is 0.865. The van der Waals surface area contributed by atoms with Gasteiger partial charge in [-0.3, -0.25) is 0 Å². The molecule has 0 unspecified atom stereocenters. The van der Waals surface area contributed by atoms with Gasteiger partial charge in [0.2, 0.25) is 0 Å². The number of hydrogen-bond donors (Lipinski definition) is 1. The van der Waals surface area contributed by atoms with Crippen LogP contribution in [0.4, 0.5) is 0 Å². The standard InChI is InChI=1S/C16H18ClN/c1-11-8-13(9-12(2)15(11)10-18-3)14-6-4-5-7-16(14)17/h4-9,18H,10H2,1-3H3. The van der Waals surface area contributed by atoms with Gasteiger partial charge in [-0.1, -0.05) is 41.9 Å². The molecule has 0 aliphatic heterocycles. The van der Waals surface area contributed by atoms with Gasteiger partial charge >= 0.3 is 0 Å². The lowest BCUT2D eigenvalue weighted by Crippen LogP contribution is -2.08. The first kappa shape index (κ1) is 13.1. The number of aryl methyl sites for hydroxylation is 2. The second-order valence-corrected chi connectivity index (χ2v) is 5.01. The molecule has 18 heavy (non-hydrogen) atoms. The molecule has 0 bridgehead atoms. The molecule has 0 heterocycles. The van der Waals surface area contributed by atoms with Crippen molar-refractivity contribution in [3.05, 3.63) is 58.1 Å². The fourth-order valence-electron chi connectivity index (χ4n) is 2.30. The van der Waals surface area contributed by atoms with Crippen molar-refractivity contribution >= 4 is 11.6 Å². The molecular formula is C16H18ClN. The molecule has 2 aromatic rings. The van der Waals surface area contributed by atoms with Gasteiger partial charge in [0.1, 0.15) is 0 Å². The highest BCUT2D eigenvalue weighted by molar-refractivity contribution is 6.33. The van der Waals surface area contributed by atoms with Gasteiger partial charge in [0, 0.05) is 17.1 Å². The normalized spacial score (nSPS) is 10.7. The molecule has 0 fully saturated rings. The molecule has 0 aliphatic carbocycles. The topological polar surface area (TPSA) is 12.0 Å². The smallest absolute Gasteiger partial charge is 0.0484 e. The van der Waals surface area contributed by atoms with Crippen molar-refractivity contribution in [2.24, 2.45) is 0 Å². The summed E-state index contributed by atoms with van der Waals surface area (Å²) in [6, 6.07) is 12.4. The molecule has 2 aromatic carbocycles. The van der Waals surface area contributed by atoms with Gasteiger partial charge in [-0.2, -0.15) is 0 Å². The van der Waals surface area contributed by atoms with Crippen molar-refractivity contribution in [1.82, 2.24) is 5.32 Å². The predicted molar refractivity (Wildman–Crippen MR) is 79.1 cm³/mol. The second kappa shape index (κ2) is 5.55. The van der Waals surface area contributed by atoms with Crippen LogP contribution >= 0.6 is 11.6 Å². The highest BCUT2D eigenvalue weighted by Gasteiger charge is 2.08. The molecular weight excluding hydrogens is 242 g/mol. The molecule has 1 nitrogen and oxygen atoms in total. The van der Waals surface area contributed by atoms with Crippen LogP contribution in [-0.2, 0) is 6.54 Å². The third-order valence-corrected chi connectivity index (χ3v) is 3.56. The molecule has 0 radical (unpaired) electrons. The monoisotopic (exact) mass is 259 g/mol. The Hall–Kier alpha value is -1.31. The van der Waals surface area contributed by atoms with Gasteiger partial charge in [-0.05, 0) is 49.2 Å². The molecule has 0 atom stereocenters. The number of benzene rings is 2. The van der Waals surface area contributed by atoms with Crippen LogP contribution < -0.4 is 5.32 Å². The highest BCUT2D eigenvalue weighted by Crippen LogP contribution is 2.30. The van der Waals surface area contributed by atoms with Crippen LogP contribution in [0.1, 0.15) is 16.7 Å². The van der Waals surface area contributed by atoms with Crippen molar-refractivity contribution in [3.63, 3.8) is 0 Å². The zero-order chi connectivity index (χ0) is 13.1. The van der Waals surface area contributed by atoms with Crippen molar-refractivity contribution in [2.45, 2.75) is 20.4 Å². The van der Waals surface area contributed by atoms with Gasteiger partial charge in [0.25, 0.3) is 0 Å². The molecule has 1 N–H and O–H groups in total. The Morgan fingerprint density at radius 2 is 1.67 bits per heavy atom. The number of rotatable bonds is 3. The summed E-state index contributed by atoms with van der Waals surface area (Å²) in [7, 11) is 1.97. The van der Waals surface area contributed by atoms with Crippen molar-refractivity contribution < 1.29 is 0 Å². The summed E-state index contributed by atoms with van der Waals surface area (Å²) in [6.07, 6.45) is 0. The third-order valence-electron chi connectivity index (χ3n) is 3.23. The maximum absolute atomic E-state index is 6.25. The summed E-state index contributed by atoms with van der Waals surface area (Å²) < 4.78 is 0. The van der Waals surface area contributed by atoms with E-state index in [1.54, 1.807) is 0 Å². The van der Waals surface area contributed by atoms with Crippen LogP contribution in [0, 0.1) is 13.8 Å². The van der Waals surface area contributed by atoms with E-state index in [4.69, 9.17) is 11.6 Å². The number of nitrogens with one attached hydrogen (secondary N) is 1. The molecule has 94 valence electrons.